The predicted molar refractivity (Wildman–Crippen MR) is 36.7 cm³/mol. The number of hydrogen-bond acceptors (Lipinski definition) is 1. The van der Waals surface area contributed by atoms with Gasteiger partial charge >= 0.3 is 0 Å². The summed E-state index contributed by atoms with van der Waals surface area (Å²) in [5.41, 5.74) is 0.506. The molecule has 0 aromatic carbocycles. The van der Waals surface area contributed by atoms with Gasteiger partial charge in [0.2, 0.25) is 0 Å². The lowest BCUT2D eigenvalue weighted by molar-refractivity contribution is 1.09. The van der Waals surface area contributed by atoms with Crippen molar-refractivity contribution in [2.45, 2.75) is 6.92 Å². The normalized spacial score (nSPS) is 9.56. The summed E-state index contributed by atoms with van der Waals surface area (Å²) in [5, 5.41) is 0. The highest BCUT2D eigenvalue weighted by atomic mass is 35.5. The summed E-state index contributed by atoms with van der Waals surface area (Å²) < 4.78 is 1.04. The summed E-state index contributed by atoms with van der Waals surface area (Å²) in [7, 11) is 0. The lowest BCUT2D eigenvalue weighted by Gasteiger charge is -1.91. The molecule has 48 valence electrons. The molecule has 0 spiro atoms. The average molecular weight is 144 g/mol. The maximum atomic E-state index is 10.8. The molecule has 0 fully saturated rings. The van der Waals surface area contributed by atoms with Gasteiger partial charge in [-0.2, -0.15) is 0 Å². The van der Waals surface area contributed by atoms with E-state index in [-0.39, 0.29) is 5.56 Å². The predicted octanol–water partition coefficient (Wildman–Crippen LogP) is 1.16. The van der Waals surface area contributed by atoms with Crippen LogP contribution in [0.25, 0.3) is 0 Å². The van der Waals surface area contributed by atoms with Crippen LogP contribution in [0.15, 0.2) is 23.1 Å². The van der Waals surface area contributed by atoms with E-state index in [0.717, 1.165) is 4.09 Å². The summed E-state index contributed by atoms with van der Waals surface area (Å²) in [6, 6.07) is 3.45. The summed E-state index contributed by atoms with van der Waals surface area (Å²) in [4.78, 5) is 10.8. The minimum atomic E-state index is -0.154. The Labute approximate surface area is 57.8 Å². The Hall–Kier alpha value is -0.760. The van der Waals surface area contributed by atoms with E-state index in [1.165, 1.54) is 6.20 Å². The standard InChI is InChI=1S/C6H6ClNO/c1-5-3-2-4-8(7)6(5)9/h2-4H,1H3. The first-order chi connectivity index (χ1) is 4.22. The Morgan fingerprint density at radius 2 is 2.33 bits per heavy atom. The van der Waals surface area contributed by atoms with Gasteiger partial charge in [0, 0.05) is 23.5 Å². The third-order valence-corrected chi connectivity index (χ3v) is 1.36. The van der Waals surface area contributed by atoms with Gasteiger partial charge in [-0.1, -0.05) is 6.07 Å². The second-order valence-electron chi connectivity index (χ2n) is 1.81. The zero-order chi connectivity index (χ0) is 6.85. The van der Waals surface area contributed by atoms with E-state index in [0.29, 0.717) is 5.56 Å². The van der Waals surface area contributed by atoms with Gasteiger partial charge in [-0.15, -0.1) is 0 Å². The van der Waals surface area contributed by atoms with E-state index >= 15 is 0 Å². The molecule has 0 saturated heterocycles. The average Bonchev–Trinajstić information content (AvgIpc) is 1.83. The summed E-state index contributed by atoms with van der Waals surface area (Å²) in [6.07, 6.45) is 1.51. The van der Waals surface area contributed by atoms with Crippen molar-refractivity contribution in [3.63, 3.8) is 0 Å². The lowest BCUT2D eigenvalue weighted by Crippen LogP contribution is -2.13. The molecule has 0 saturated carbocycles. The second-order valence-corrected chi connectivity index (χ2v) is 2.17. The molecule has 1 heterocycles. The van der Waals surface area contributed by atoms with Crippen molar-refractivity contribution in [1.29, 1.82) is 0 Å². The van der Waals surface area contributed by atoms with Crippen molar-refractivity contribution in [2.75, 3.05) is 0 Å². The Morgan fingerprint density at radius 1 is 1.67 bits per heavy atom. The molecule has 1 rings (SSSR count). The third kappa shape index (κ3) is 1.13. The fourth-order valence-corrected chi connectivity index (χ4v) is 0.769. The smallest absolute Gasteiger partial charge is 0.267 e. The van der Waals surface area contributed by atoms with Crippen LogP contribution in [-0.4, -0.2) is 4.09 Å². The molecule has 0 aliphatic carbocycles. The van der Waals surface area contributed by atoms with Gasteiger partial charge in [0.15, 0.2) is 0 Å². The molecule has 0 bridgehead atoms. The van der Waals surface area contributed by atoms with Crippen LogP contribution in [0.5, 0.6) is 0 Å². The molecule has 1 aromatic heterocycles. The maximum absolute atomic E-state index is 10.8. The van der Waals surface area contributed by atoms with Gasteiger partial charge in [0.05, 0.1) is 0 Å². The number of nitrogens with zero attached hydrogens (tertiary/aromatic N) is 1. The van der Waals surface area contributed by atoms with Gasteiger partial charge < -0.3 is 0 Å². The topological polar surface area (TPSA) is 22.0 Å². The van der Waals surface area contributed by atoms with Gasteiger partial charge in [-0.25, -0.2) is 4.09 Å². The zero-order valence-electron chi connectivity index (χ0n) is 4.97. The van der Waals surface area contributed by atoms with Crippen LogP contribution in [0.4, 0.5) is 0 Å². The molecule has 0 amide bonds. The molecule has 0 radical (unpaired) electrons. The zero-order valence-corrected chi connectivity index (χ0v) is 5.72. The fraction of sp³-hybridized carbons (Fsp3) is 0.167. The van der Waals surface area contributed by atoms with E-state index in [1.807, 2.05) is 0 Å². The minimum Gasteiger partial charge on any atom is -0.268 e. The molecular weight excluding hydrogens is 138 g/mol. The maximum Gasteiger partial charge on any atom is 0.267 e. The van der Waals surface area contributed by atoms with Crippen LogP contribution in [0.1, 0.15) is 5.56 Å². The van der Waals surface area contributed by atoms with Crippen LogP contribution < -0.4 is 5.56 Å². The van der Waals surface area contributed by atoms with E-state index in [4.69, 9.17) is 11.8 Å². The Bertz CT molecular complexity index is 243. The highest BCUT2D eigenvalue weighted by molar-refractivity contribution is 6.15. The highest BCUT2D eigenvalue weighted by Crippen LogP contribution is 1.88. The molecule has 0 aliphatic rings. The largest absolute Gasteiger partial charge is 0.268 e. The van der Waals surface area contributed by atoms with Gasteiger partial charge in [0.1, 0.15) is 0 Å². The van der Waals surface area contributed by atoms with Crippen molar-refractivity contribution in [3.05, 3.63) is 34.2 Å². The first-order valence-corrected chi connectivity index (χ1v) is 2.90. The summed E-state index contributed by atoms with van der Waals surface area (Å²) in [6.45, 7) is 1.72. The molecule has 0 atom stereocenters. The fourth-order valence-electron chi connectivity index (χ4n) is 0.570. The number of rotatable bonds is 0. The summed E-state index contributed by atoms with van der Waals surface area (Å²) in [5.74, 6) is 0. The van der Waals surface area contributed by atoms with Crippen molar-refractivity contribution in [3.8, 4) is 0 Å². The van der Waals surface area contributed by atoms with Crippen LogP contribution in [0.3, 0.4) is 0 Å². The molecule has 9 heavy (non-hydrogen) atoms. The van der Waals surface area contributed by atoms with Crippen LogP contribution in [0, 0.1) is 6.92 Å². The van der Waals surface area contributed by atoms with E-state index < -0.39 is 0 Å². The van der Waals surface area contributed by atoms with Gasteiger partial charge in [-0.05, 0) is 13.0 Å². The number of aromatic nitrogens is 1. The Balaban J connectivity index is 3.43. The van der Waals surface area contributed by atoms with E-state index in [1.54, 1.807) is 19.1 Å². The van der Waals surface area contributed by atoms with E-state index in [2.05, 4.69) is 0 Å². The first kappa shape index (κ1) is 6.36. The van der Waals surface area contributed by atoms with Crippen molar-refractivity contribution in [1.82, 2.24) is 4.09 Å². The first-order valence-electron chi connectivity index (χ1n) is 2.56. The SMILES string of the molecule is Cc1cccn(Cl)c1=O. The number of pyridine rings is 1. The van der Waals surface area contributed by atoms with Crippen molar-refractivity contribution in [2.24, 2.45) is 0 Å². The number of hydrogen-bond donors (Lipinski definition) is 0. The number of halogens is 1. The minimum absolute atomic E-state index is 0.154. The molecule has 1 aromatic rings. The lowest BCUT2D eigenvalue weighted by atomic mass is 10.3. The Morgan fingerprint density at radius 3 is 2.78 bits per heavy atom. The van der Waals surface area contributed by atoms with Crippen LogP contribution >= 0.6 is 11.8 Å². The van der Waals surface area contributed by atoms with Crippen molar-refractivity contribution >= 4 is 11.8 Å². The van der Waals surface area contributed by atoms with Crippen molar-refractivity contribution < 1.29 is 0 Å². The van der Waals surface area contributed by atoms with Gasteiger partial charge in [0.25, 0.3) is 5.56 Å². The third-order valence-electron chi connectivity index (χ3n) is 1.09. The molecule has 2 nitrogen and oxygen atoms in total. The Kier molecular flexibility index (Phi) is 1.58. The highest BCUT2D eigenvalue weighted by Gasteiger charge is 1.91. The second kappa shape index (κ2) is 2.23. The monoisotopic (exact) mass is 143 g/mol. The van der Waals surface area contributed by atoms with Gasteiger partial charge in [-0.3, -0.25) is 4.79 Å². The molecule has 0 unspecified atom stereocenters. The summed E-state index contributed by atoms with van der Waals surface area (Å²) >= 11 is 5.42. The molecule has 3 heteroatoms. The van der Waals surface area contributed by atoms with Crippen LogP contribution in [-0.2, 0) is 0 Å². The quantitative estimate of drug-likeness (QED) is 0.534. The molecule has 0 N–H and O–H groups in total. The number of aryl methyl sites for hydroxylation is 1. The van der Waals surface area contributed by atoms with Crippen LogP contribution in [0.2, 0.25) is 0 Å². The molecule has 0 aliphatic heterocycles. The van der Waals surface area contributed by atoms with E-state index in [9.17, 15) is 4.79 Å². The molecular formula is C6H6ClNO.